The molecule has 0 spiro atoms. The summed E-state index contributed by atoms with van der Waals surface area (Å²) in [4.78, 5) is 18.1. The molecule has 0 atom stereocenters. The fourth-order valence-corrected chi connectivity index (χ4v) is 2.31. The Hall–Kier alpha value is -3.62. The van der Waals surface area contributed by atoms with Crippen molar-refractivity contribution in [3.05, 3.63) is 52.1 Å². The van der Waals surface area contributed by atoms with Gasteiger partial charge in [-0.25, -0.2) is 10.4 Å². The number of H-pyrrole nitrogens is 1. The van der Waals surface area contributed by atoms with E-state index in [1.165, 1.54) is 32.6 Å². The maximum atomic E-state index is 11.2. The predicted molar refractivity (Wildman–Crippen MR) is 93.5 cm³/mol. The highest BCUT2D eigenvalue weighted by molar-refractivity contribution is 5.87. The number of nitro groups is 1. The van der Waals surface area contributed by atoms with Crippen molar-refractivity contribution in [2.75, 3.05) is 19.6 Å². The van der Waals surface area contributed by atoms with E-state index in [4.69, 9.17) is 9.47 Å². The summed E-state index contributed by atoms with van der Waals surface area (Å²) in [5.41, 5.74) is 4.49. The van der Waals surface area contributed by atoms with Crippen LogP contribution in [0.25, 0.3) is 11.0 Å². The molecule has 2 N–H and O–H groups in total. The van der Waals surface area contributed by atoms with E-state index in [1.54, 1.807) is 0 Å². The van der Waals surface area contributed by atoms with Crippen LogP contribution in [0.15, 0.2) is 41.5 Å². The molecular weight excluding hydrogens is 326 g/mol. The Bertz CT molecular complexity index is 918. The van der Waals surface area contributed by atoms with Gasteiger partial charge >= 0.3 is 0 Å². The first-order chi connectivity index (χ1) is 12.1. The molecule has 1 heterocycles. The van der Waals surface area contributed by atoms with E-state index in [2.05, 4.69) is 20.5 Å². The maximum absolute atomic E-state index is 11.2. The van der Waals surface area contributed by atoms with E-state index >= 15 is 0 Å². The molecule has 0 amide bonds. The number of para-hydroxylation sites is 2. The van der Waals surface area contributed by atoms with Gasteiger partial charge in [-0.3, -0.25) is 10.1 Å². The number of benzene rings is 2. The van der Waals surface area contributed by atoms with Crippen LogP contribution in [-0.2, 0) is 0 Å². The number of hydrazone groups is 1. The number of nitro benzene ring substituents is 1. The van der Waals surface area contributed by atoms with Gasteiger partial charge in [-0.15, -0.1) is 0 Å². The minimum Gasteiger partial charge on any atom is -0.493 e. The number of hydrogen-bond donors (Lipinski definition) is 2. The fourth-order valence-electron chi connectivity index (χ4n) is 2.31. The van der Waals surface area contributed by atoms with Gasteiger partial charge in [0.2, 0.25) is 5.95 Å². The first-order valence-electron chi connectivity index (χ1n) is 7.26. The van der Waals surface area contributed by atoms with Crippen molar-refractivity contribution in [1.82, 2.24) is 9.97 Å². The lowest BCUT2D eigenvalue weighted by Gasteiger charge is -2.08. The third-order valence-electron chi connectivity index (χ3n) is 3.49. The molecule has 0 radical (unpaired) electrons. The molecule has 0 unspecified atom stereocenters. The topological polar surface area (TPSA) is 115 Å². The van der Waals surface area contributed by atoms with Crippen molar-refractivity contribution in [3.63, 3.8) is 0 Å². The standard InChI is InChI=1S/C16H15N5O4/c1-24-14-7-10(13(21(22)23)8-15(14)25-2)9-17-20-16-18-11-5-3-4-6-12(11)19-16/h3-9H,1-2H3,(H2,18,19,20). The summed E-state index contributed by atoms with van der Waals surface area (Å²) in [6, 6.07) is 10.3. The summed E-state index contributed by atoms with van der Waals surface area (Å²) in [6.45, 7) is 0. The average molecular weight is 341 g/mol. The summed E-state index contributed by atoms with van der Waals surface area (Å²) in [5, 5.41) is 15.3. The first kappa shape index (κ1) is 16.2. The predicted octanol–water partition coefficient (Wildman–Crippen LogP) is 2.93. The second-order valence-corrected chi connectivity index (χ2v) is 5.00. The molecule has 0 aliphatic carbocycles. The van der Waals surface area contributed by atoms with Crippen molar-refractivity contribution in [1.29, 1.82) is 0 Å². The van der Waals surface area contributed by atoms with Crippen LogP contribution in [0.4, 0.5) is 11.6 Å². The second-order valence-electron chi connectivity index (χ2n) is 5.00. The van der Waals surface area contributed by atoms with Crippen LogP contribution in [-0.4, -0.2) is 35.3 Å². The Morgan fingerprint density at radius 3 is 2.64 bits per heavy atom. The average Bonchev–Trinajstić information content (AvgIpc) is 3.03. The van der Waals surface area contributed by atoms with E-state index in [0.717, 1.165) is 11.0 Å². The molecule has 128 valence electrons. The first-order valence-corrected chi connectivity index (χ1v) is 7.26. The molecule has 2 aromatic carbocycles. The minimum absolute atomic E-state index is 0.146. The zero-order chi connectivity index (χ0) is 17.8. The lowest BCUT2D eigenvalue weighted by molar-refractivity contribution is -0.385. The molecule has 0 aliphatic heterocycles. The lowest BCUT2D eigenvalue weighted by atomic mass is 10.1. The zero-order valence-corrected chi connectivity index (χ0v) is 13.5. The molecule has 9 nitrogen and oxygen atoms in total. The third-order valence-corrected chi connectivity index (χ3v) is 3.49. The van der Waals surface area contributed by atoms with Crippen LogP contribution >= 0.6 is 0 Å². The Balaban J connectivity index is 1.87. The number of rotatable bonds is 6. The Morgan fingerprint density at radius 1 is 1.24 bits per heavy atom. The number of anilines is 1. The van der Waals surface area contributed by atoms with Gasteiger partial charge in [-0.1, -0.05) is 12.1 Å². The number of imidazole rings is 1. The molecule has 9 heteroatoms. The Kier molecular flexibility index (Phi) is 4.46. The van der Waals surface area contributed by atoms with Crippen LogP contribution in [0, 0.1) is 10.1 Å². The summed E-state index contributed by atoms with van der Waals surface area (Å²) < 4.78 is 10.3. The molecular formula is C16H15N5O4. The van der Waals surface area contributed by atoms with Gasteiger partial charge in [-0.05, 0) is 18.2 Å². The van der Waals surface area contributed by atoms with E-state index in [-0.39, 0.29) is 17.0 Å². The number of nitrogens with one attached hydrogen (secondary N) is 2. The zero-order valence-electron chi connectivity index (χ0n) is 13.5. The van der Waals surface area contributed by atoms with Gasteiger partial charge < -0.3 is 14.5 Å². The Labute approximate surface area is 142 Å². The summed E-state index contributed by atoms with van der Waals surface area (Å²) in [5.74, 6) is 1.08. The molecule has 0 saturated heterocycles. The summed E-state index contributed by atoms with van der Waals surface area (Å²) in [7, 11) is 2.87. The highest BCUT2D eigenvalue weighted by Crippen LogP contribution is 2.33. The number of nitrogens with zero attached hydrogens (tertiary/aromatic N) is 3. The molecule has 3 aromatic rings. The second kappa shape index (κ2) is 6.87. The van der Waals surface area contributed by atoms with E-state index in [9.17, 15) is 10.1 Å². The van der Waals surface area contributed by atoms with Crippen LogP contribution in [0.5, 0.6) is 11.5 Å². The summed E-state index contributed by atoms with van der Waals surface area (Å²) >= 11 is 0. The number of methoxy groups -OCH3 is 2. The number of ether oxygens (including phenoxy) is 2. The highest BCUT2D eigenvalue weighted by atomic mass is 16.6. The molecule has 0 bridgehead atoms. The van der Waals surface area contributed by atoms with Crippen molar-refractivity contribution in [2.45, 2.75) is 0 Å². The van der Waals surface area contributed by atoms with Crippen molar-refractivity contribution < 1.29 is 14.4 Å². The number of aromatic amines is 1. The molecule has 0 saturated carbocycles. The minimum atomic E-state index is -0.509. The van der Waals surface area contributed by atoms with Crippen molar-refractivity contribution in [2.24, 2.45) is 5.10 Å². The smallest absolute Gasteiger partial charge is 0.282 e. The van der Waals surface area contributed by atoms with Gasteiger partial charge in [0.15, 0.2) is 11.5 Å². The van der Waals surface area contributed by atoms with Crippen LogP contribution < -0.4 is 14.9 Å². The van der Waals surface area contributed by atoms with Crippen LogP contribution in [0.1, 0.15) is 5.56 Å². The molecule has 0 fully saturated rings. The van der Waals surface area contributed by atoms with Gasteiger partial charge in [0.25, 0.3) is 5.69 Å². The normalized spacial score (nSPS) is 11.0. The summed E-state index contributed by atoms with van der Waals surface area (Å²) in [6.07, 6.45) is 1.33. The number of fused-ring (bicyclic) bond motifs is 1. The fraction of sp³-hybridized carbons (Fsp3) is 0.125. The SMILES string of the molecule is COc1cc(C=NNc2nc3ccccc3[nH]2)c([N+](=O)[O-])cc1OC. The van der Waals surface area contributed by atoms with Gasteiger partial charge in [0.1, 0.15) is 0 Å². The molecule has 0 aliphatic rings. The highest BCUT2D eigenvalue weighted by Gasteiger charge is 2.18. The number of hydrogen-bond acceptors (Lipinski definition) is 7. The number of aromatic nitrogens is 2. The van der Waals surface area contributed by atoms with Crippen LogP contribution in [0.2, 0.25) is 0 Å². The van der Waals surface area contributed by atoms with Gasteiger partial charge in [0.05, 0.1) is 48.0 Å². The largest absolute Gasteiger partial charge is 0.493 e. The maximum Gasteiger partial charge on any atom is 0.282 e. The van der Waals surface area contributed by atoms with Gasteiger partial charge in [-0.2, -0.15) is 5.10 Å². The Morgan fingerprint density at radius 2 is 1.96 bits per heavy atom. The van der Waals surface area contributed by atoms with Gasteiger partial charge in [0, 0.05) is 0 Å². The van der Waals surface area contributed by atoms with Crippen molar-refractivity contribution in [3.8, 4) is 11.5 Å². The molecule has 25 heavy (non-hydrogen) atoms. The molecule has 3 rings (SSSR count). The molecule has 1 aromatic heterocycles. The van der Waals surface area contributed by atoms with Crippen molar-refractivity contribution >= 4 is 28.9 Å². The monoisotopic (exact) mass is 341 g/mol. The lowest BCUT2D eigenvalue weighted by Crippen LogP contribution is -2.00. The van der Waals surface area contributed by atoms with E-state index in [0.29, 0.717) is 11.7 Å². The van der Waals surface area contributed by atoms with E-state index < -0.39 is 4.92 Å². The quantitative estimate of drug-likeness (QED) is 0.405. The van der Waals surface area contributed by atoms with Crippen LogP contribution in [0.3, 0.4) is 0 Å². The van der Waals surface area contributed by atoms with E-state index in [1.807, 2.05) is 24.3 Å². The third kappa shape index (κ3) is 3.34.